The van der Waals surface area contributed by atoms with Crippen LogP contribution in [0.25, 0.3) is 6.08 Å². The summed E-state index contributed by atoms with van der Waals surface area (Å²) in [6.07, 6.45) is 3.36. The van der Waals surface area contributed by atoms with E-state index in [1.54, 1.807) is 6.08 Å². The first kappa shape index (κ1) is 20.6. The molecule has 0 unspecified atom stereocenters. The van der Waals surface area contributed by atoms with Crippen LogP contribution in [-0.2, 0) is 17.6 Å². The molecule has 4 heteroatoms. The Morgan fingerprint density at radius 1 is 1.00 bits per heavy atom. The molecule has 0 fully saturated rings. The van der Waals surface area contributed by atoms with E-state index in [0.717, 1.165) is 28.4 Å². The highest BCUT2D eigenvalue weighted by molar-refractivity contribution is 9.10. The second-order valence-electron chi connectivity index (χ2n) is 6.68. The molecule has 3 aromatic carbocycles. The van der Waals surface area contributed by atoms with Gasteiger partial charge in [0.25, 0.3) is 5.91 Å². The van der Waals surface area contributed by atoms with Gasteiger partial charge in [0.05, 0.1) is 0 Å². The van der Waals surface area contributed by atoms with Crippen molar-refractivity contribution in [3.05, 3.63) is 105 Å². The Balaban J connectivity index is 1.70. The van der Waals surface area contributed by atoms with Crippen molar-refractivity contribution in [3.63, 3.8) is 0 Å². The van der Waals surface area contributed by atoms with Crippen LogP contribution < -0.4 is 5.32 Å². The van der Waals surface area contributed by atoms with Crippen LogP contribution in [0.2, 0.25) is 0 Å². The van der Waals surface area contributed by atoms with E-state index in [2.05, 4.69) is 34.2 Å². The van der Waals surface area contributed by atoms with E-state index in [4.69, 9.17) is 0 Å². The van der Waals surface area contributed by atoms with Crippen molar-refractivity contribution in [1.82, 2.24) is 0 Å². The second kappa shape index (κ2) is 9.86. The monoisotopic (exact) mass is 444 g/mol. The highest BCUT2D eigenvalue weighted by Crippen LogP contribution is 2.20. The third-order valence-corrected chi connectivity index (χ3v) is 5.40. The molecular formula is C25H21BrN2O. The zero-order valence-corrected chi connectivity index (χ0v) is 17.7. The number of amides is 1. The largest absolute Gasteiger partial charge is 0.321 e. The van der Waals surface area contributed by atoms with Crippen molar-refractivity contribution in [2.75, 3.05) is 5.32 Å². The molecule has 3 aromatic rings. The summed E-state index contributed by atoms with van der Waals surface area (Å²) in [6, 6.07) is 25.6. The van der Waals surface area contributed by atoms with Gasteiger partial charge in [0.2, 0.25) is 0 Å². The fourth-order valence-corrected chi connectivity index (χ4v) is 3.36. The number of nitrogens with zero attached hydrogens (tertiary/aromatic N) is 1. The molecule has 0 aliphatic rings. The molecule has 0 spiro atoms. The Morgan fingerprint density at radius 3 is 2.28 bits per heavy atom. The number of carbonyl (C=O) groups is 1. The lowest BCUT2D eigenvalue weighted by Gasteiger charge is -2.06. The minimum absolute atomic E-state index is 0.0723. The van der Waals surface area contributed by atoms with Gasteiger partial charge in [0.15, 0.2) is 0 Å². The van der Waals surface area contributed by atoms with E-state index < -0.39 is 5.91 Å². The van der Waals surface area contributed by atoms with E-state index in [1.165, 1.54) is 11.1 Å². The number of nitriles is 1. The van der Waals surface area contributed by atoms with Crippen LogP contribution >= 0.6 is 15.9 Å². The van der Waals surface area contributed by atoms with Gasteiger partial charge in [-0.15, -0.1) is 0 Å². The Bertz CT molecular complexity index is 1060. The van der Waals surface area contributed by atoms with Gasteiger partial charge in [-0.1, -0.05) is 77.5 Å². The zero-order chi connectivity index (χ0) is 20.6. The van der Waals surface area contributed by atoms with Crippen LogP contribution in [0.1, 0.15) is 29.2 Å². The number of carbonyl (C=O) groups excluding carboxylic acids is 1. The fourth-order valence-electron chi connectivity index (χ4n) is 2.93. The maximum absolute atomic E-state index is 12.4. The first-order valence-electron chi connectivity index (χ1n) is 9.43. The standard InChI is InChI=1S/C25H21BrN2O/c1-2-18-11-13-23(14-12-18)28-25(29)22(17-27)16-20-9-7-19(8-10-20)15-21-5-3-4-6-24(21)26/h3-14,16H,2,15H2,1H3,(H,28,29)/b22-16+. The topological polar surface area (TPSA) is 52.9 Å². The van der Waals surface area contributed by atoms with Crippen molar-refractivity contribution in [2.45, 2.75) is 19.8 Å². The molecule has 0 atom stereocenters. The Kier molecular flexibility index (Phi) is 6.99. The number of benzene rings is 3. The molecule has 0 radical (unpaired) electrons. The van der Waals surface area contributed by atoms with Crippen molar-refractivity contribution in [3.8, 4) is 6.07 Å². The highest BCUT2D eigenvalue weighted by Gasteiger charge is 2.10. The Labute approximate surface area is 179 Å². The third-order valence-electron chi connectivity index (χ3n) is 4.63. The van der Waals surface area contributed by atoms with Gasteiger partial charge in [-0.05, 0) is 59.4 Å². The first-order valence-corrected chi connectivity index (χ1v) is 10.2. The molecule has 0 heterocycles. The van der Waals surface area contributed by atoms with Crippen LogP contribution in [0.5, 0.6) is 0 Å². The lowest BCUT2D eigenvalue weighted by atomic mass is 10.0. The maximum atomic E-state index is 12.4. The quantitative estimate of drug-likeness (QED) is 0.366. The normalized spacial score (nSPS) is 11.0. The number of halogens is 1. The number of aryl methyl sites for hydroxylation is 1. The molecule has 0 aliphatic heterocycles. The Hall–Kier alpha value is -3.16. The molecular weight excluding hydrogens is 424 g/mol. The average molecular weight is 445 g/mol. The Morgan fingerprint density at radius 2 is 1.66 bits per heavy atom. The SMILES string of the molecule is CCc1ccc(NC(=O)/C(C#N)=C/c2ccc(Cc3ccccc3Br)cc2)cc1. The summed E-state index contributed by atoms with van der Waals surface area (Å²) < 4.78 is 1.08. The summed E-state index contributed by atoms with van der Waals surface area (Å²) in [5.74, 6) is -0.408. The van der Waals surface area contributed by atoms with E-state index in [1.807, 2.05) is 72.8 Å². The number of rotatable bonds is 6. The van der Waals surface area contributed by atoms with Gasteiger partial charge >= 0.3 is 0 Å². The predicted molar refractivity (Wildman–Crippen MR) is 121 cm³/mol. The summed E-state index contributed by atoms with van der Waals surface area (Å²) in [4.78, 5) is 12.4. The van der Waals surface area contributed by atoms with Crippen LogP contribution in [-0.4, -0.2) is 5.91 Å². The fraction of sp³-hybridized carbons (Fsp3) is 0.120. The summed E-state index contributed by atoms with van der Waals surface area (Å²) in [7, 11) is 0. The average Bonchev–Trinajstić information content (AvgIpc) is 2.75. The van der Waals surface area contributed by atoms with E-state index in [9.17, 15) is 10.1 Å². The van der Waals surface area contributed by atoms with Crippen LogP contribution in [0.3, 0.4) is 0 Å². The van der Waals surface area contributed by atoms with E-state index in [0.29, 0.717) is 5.69 Å². The molecule has 3 nitrogen and oxygen atoms in total. The van der Waals surface area contributed by atoms with Gasteiger partial charge in [0, 0.05) is 10.2 Å². The van der Waals surface area contributed by atoms with Crippen molar-refractivity contribution in [1.29, 1.82) is 5.26 Å². The van der Waals surface area contributed by atoms with Gasteiger partial charge in [-0.3, -0.25) is 4.79 Å². The molecule has 0 aliphatic carbocycles. The van der Waals surface area contributed by atoms with Gasteiger partial charge in [-0.2, -0.15) is 5.26 Å². The van der Waals surface area contributed by atoms with Crippen molar-refractivity contribution in [2.24, 2.45) is 0 Å². The number of hydrogen-bond acceptors (Lipinski definition) is 2. The van der Waals surface area contributed by atoms with Gasteiger partial charge < -0.3 is 5.32 Å². The molecule has 144 valence electrons. The lowest BCUT2D eigenvalue weighted by molar-refractivity contribution is -0.112. The van der Waals surface area contributed by atoms with Gasteiger partial charge in [-0.25, -0.2) is 0 Å². The van der Waals surface area contributed by atoms with Crippen molar-refractivity contribution < 1.29 is 4.79 Å². The summed E-state index contributed by atoms with van der Waals surface area (Å²) in [6.45, 7) is 2.08. The zero-order valence-electron chi connectivity index (χ0n) is 16.2. The molecule has 0 bridgehead atoms. The molecule has 0 saturated carbocycles. The minimum atomic E-state index is -0.408. The molecule has 3 rings (SSSR count). The van der Waals surface area contributed by atoms with Crippen LogP contribution in [0.4, 0.5) is 5.69 Å². The number of anilines is 1. The molecule has 1 amide bonds. The van der Waals surface area contributed by atoms with Crippen LogP contribution in [0, 0.1) is 11.3 Å². The third kappa shape index (κ3) is 5.66. The van der Waals surface area contributed by atoms with Crippen LogP contribution in [0.15, 0.2) is 82.8 Å². The summed E-state index contributed by atoms with van der Waals surface area (Å²) in [5, 5.41) is 12.2. The lowest BCUT2D eigenvalue weighted by Crippen LogP contribution is -2.13. The molecule has 0 aromatic heterocycles. The maximum Gasteiger partial charge on any atom is 0.266 e. The number of hydrogen-bond donors (Lipinski definition) is 1. The summed E-state index contributed by atoms with van der Waals surface area (Å²) in [5.41, 5.74) is 5.13. The van der Waals surface area contributed by atoms with E-state index in [-0.39, 0.29) is 5.57 Å². The second-order valence-corrected chi connectivity index (χ2v) is 7.54. The highest BCUT2D eigenvalue weighted by atomic mass is 79.9. The molecule has 29 heavy (non-hydrogen) atoms. The smallest absolute Gasteiger partial charge is 0.266 e. The van der Waals surface area contributed by atoms with E-state index >= 15 is 0 Å². The minimum Gasteiger partial charge on any atom is -0.321 e. The molecule has 1 N–H and O–H groups in total. The van der Waals surface area contributed by atoms with Gasteiger partial charge in [0.1, 0.15) is 11.6 Å². The summed E-state index contributed by atoms with van der Waals surface area (Å²) >= 11 is 3.57. The first-order chi connectivity index (χ1) is 14.1. The number of nitrogens with one attached hydrogen (secondary N) is 1. The van der Waals surface area contributed by atoms with Crippen molar-refractivity contribution >= 4 is 33.6 Å². The molecule has 0 saturated heterocycles. The predicted octanol–water partition coefficient (Wildman–Crippen LogP) is 6.15.